The van der Waals surface area contributed by atoms with Crippen LogP contribution in [0.15, 0.2) is 84.9 Å². The van der Waals surface area contributed by atoms with E-state index in [0.717, 1.165) is 0 Å². The van der Waals surface area contributed by atoms with Crippen LogP contribution in [0.3, 0.4) is 0 Å². The molecular weight excluding hydrogens is 390 g/mol. The molecule has 1 atom stereocenters. The minimum Gasteiger partial charge on any atom is -0.435 e. The molecule has 0 spiro atoms. The highest BCUT2D eigenvalue weighted by Crippen LogP contribution is 2.26. The Balaban J connectivity index is 2.01. The van der Waals surface area contributed by atoms with Crippen LogP contribution in [0.4, 0.5) is 8.78 Å². The Bertz CT molecular complexity index is 998. The maximum absolute atomic E-state index is 13.3. The summed E-state index contributed by atoms with van der Waals surface area (Å²) < 4.78 is 29.6. The number of hydrogen-bond donors (Lipinski definition) is 1. The van der Waals surface area contributed by atoms with Crippen molar-refractivity contribution in [2.24, 2.45) is 5.73 Å². The van der Waals surface area contributed by atoms with Crippen molar-refractivity contribution in [1.82, 2.24) is 4.90 Å². The summed E-state index contributed by atoms with van der Waals surface area (Å²) in [5.74, 6) is -1.15. The normalized spacial score (nSPS) is 11.7. The van der Waals surface area contributed by atoms with Gasteiger partial charge in [-0.25, -0.2) is 0 Å². The summed E-state index contributed by atoms with van der Waals surface area (Å²) in [6.07, 6.45) is 0. The molecule has 30 heavy (non-hydrogen) atoms. The average Bonchev–Trinajstić information content (AvgIpc) is 2.74. The molecule has 0 unspecified atom stereocenters. The number of carbonyl (C=O) groups excluding carboxylic acids is 2. The van der Waals surface area contributed by atoms with Crippen molar-refractivity contribution < 1.29 is 23.1 Å². The Labute approximate surface area is 172 Å². The summed E-state index contributed by atoms with van der Waals surface area (Å²) in [7, 11) is 0. The molecule has 0 aromatic heterocycles. The van der Waals surface area contributed by atoms with Crippen molar-refractivity contribution in [3.8, 4) is 5.75 Å². The summed E-state index contributed by atoms with van der Waals surface area (Å²) in [4.78, 5) is 27.0. The van der Waals surface area contributed by atoms with Gasteiger partial charge in [0.1, 0.15) is 11.8 Å². The van der Waals surface area contributed by atoms with Gasteiger partial charge in [-0.2, -0.15) is 8.78 Å². The Kier molecular flexibility index (Phi) is 6.75. The average molecular weight is 410 g/mol. The fourth-order valence-electron chi connectivity index (χ4n) is 3.18. The van der Waals surface area contributed by atoms with Crippen LogP contribution in [0.1, 0.15) is 27.5 Å². The number of nitrogens with zero attached hydrogens (tertiary/aromatic N) is 1. The van der Waals surface area contributed by atoms with Gasteiger partial charge in [0.05, 0.1) is 0 Å². The maximum atomic E-state index is 13.3. The molecule has 0 heterocycles. The van der Waals surface area contributed by atoms with Crippen LogP contribution >= 0.6 is 0 Å². The second kappa shape index (κ2) is 9.65. The Morgan fingerprint density at radius 1 is 0.900 bits per heavy atom. The first-order chi connectivity index (χ1) is 14.5. The van der Waals surface area contributed by atoms with Crippen molar-refractivity contribution in [3.05, 3.63) is 102 Å². The van der Waals surface area contributed by atoms with E-state index >= 15 is 0 Å². The SMILES string of the molecule is NC(=O)[C@@H](c1ccccc1)N(Cc1cccc(OC(F)F)c1)C(=O)c1ccccc1. The Hall–Kier alpha value is -3.74. The van der Waals surface area contributed by atoms with E-state index in [-0.39, 0.29) is 12.3 Å². The highest BCUT2D eigenvalue weighted by Gasteiger charge is 2.30. The van der Waals surface area contributed by atoms with Gasteiger partial charge in [0.15, 0.2) is 0 Å². The van der Waals surface area contributed by atoms with Crippen LogP contribution in [0.2, 0.25) is 0 Å². The highest BCUT2D eigenvalue weighted by molar-refractivity contribution is 5.97. The molecule has 0 aliphatic carbocycles. The van der Waals surface area contributed by atoms with Crippen LogP contribution < -0.4 is 10.5 Å². The van der Waals surface area contributed by atoms with Gasteiger partial charge in [0.2, 0.25) is 5.91 Å². The van der Waals surface area contributed by atoms with E-state index in [4.69, 9.17) is 5.73 Å². The van der Waals surface area contributed by atoms with Gasteiger partial charge >= 0.3 is 6.61 Å². The third-order valence-electron chi connectivity index (χ3n) is 4.45. The number of primary amides is 1. The van der Waals surface area contributed by atoms with Gasteiger partial charge in [0, 0.05) is 12.1 Å². The fourth-order valence-corrected chi connectivity index (χ4v) is 3.18. The second-order valence-corrected chi connectivity index (χ2v) is 6.54. The van der Waals surface area contributed by atoms with Gasteiger partial charge in [-0.05, 0) is 35.4 Å². The summed E-state index contributed by atoms with van der Waals surface area (Å²) in [5, 5.41) is 0. The lowest BCUT2D eigenvalue weighted by molar-refractivity contribution is -0.122. The lowest BCUT2D eigenvalue weighted by atomic mass is 10.0. The van der Waals surface area contributed by atoms with Crippen molar-refractivity contribution >= 4 is 11.8 Å². The van der Waals surface area contributed by atoms with Crippen molar-refractivity contribution in [3.63, 3.8) is 0 Å². The van der Waals surface area contributed by atoms with E-state index in [0.29, 0.717) is 16.7 Å². The van der Waals surface area contributed by atoms with E-state index in [1.54, 1.807) is 72.8 Å². The van der Waals surface area contributed by atoms with Crippen LogP contribution in [0.5, 0.6) is 5.75 Å². The zero-order valence-corrected chi connectivity index (χ0v) is 15.9. The number of nitrogens with two attached hydrogens (primary N) is 1. The first kappa shape index (κ1) is 21.0. The van der Waals surface area contributed by atoms with Gasteiger partial charge in [0.25, 0.3) is 5.91 Å². The molecule has 5 nitrogen and oxygen atoms in total. The second-order valence-electron chi connectivity index (χ2n) is 6.54. The Morgan fingerprint density at radius 3 is 2.13 bits per heavy atom. The summed E-state index contributed by atoms with van der Waals surface area (Å²) >= 11 is 0. The topological polar surface area (TPSA) is 72.6 Å². The smallest absolute Gasteiger partial charge is 0.387 e. The van der Waals surface area contributed by atoms with Crippen LogP contribution in [-0.4, -0.2) is 23.3 Å². The number of rotatable bonds is 8. The monoisotopic (exact) mass is 410 g/mol. The van der Waals surface area contributed by atoms with Gasteiger partial charge in [-0.1, -0.05) is 60.7 Å². The lowest BCUT2D eigenvalue weighted by Crippen LogP contribution is -2.41. The number of amides is 2. The third kappa shape index (κ3) is 5.20. The van der Waals surface area contributed by atoms with Gasteiger partial charge in [-0.3, -0.25) is 9.59 Å². The molecule has 3 aromatic rings. The minimum atomic E-state index is -2.97. The number of alkyl halides is 2. The molecule has 0 saturated carbocycles. The third-order valence-corrected chi connectivity index (χ3v) is 4.45. The summed E-state index contributed by atoms with van der Waals surface area (Å²) in [6, 6.07) is 22.1. The molecule has 0 aliphatic rings. The zero-order chi connectivity index (χ0) is 21.5. The molecule has 3 aromatic carbocycles. The van der Waals surface area contributed by atoms with Crippen molar-refractivity contribution in [2.75, 3.05) is 0 Å². The molecule has 2 amide bonds. The quantitative estimate of drug-likeness (QED) is 0.606. The molecule has 2 N–H and O–H groups in total. The number of hydrogen-bond acceptors (Lipinski definition) is 3. The number of halogens is 2. The van der Waals surface area contributed by atoms with Crippen molar-refractivity contribution in [2.45, 2.75) is 19.2 Å². The van der Waals surface area contributed by atoms with E-state index in [1.165, 1.54) is 17.0 Å². The zero-order valence-electron chi connectivity index (χ0n) is 15.9. The van der Waals surface area contributed by atoms with Crippen LogP contribution in [-0.2, 0) is 11.3 Å². The summed E-state index contributed by atoms with van der Waals surface area (Å²) in [6.45, 7) is -3.00. The maximum Gasteiger partial charge on any atom is 0.387 e. The van der Waals surface area contributed by atoms with E-state index in [1.807, 2.05) is 0 Å². The molecule has 0 aliphatic heterocycles. The molecule has 0 radical (unpaired) electrons. The van der Waals surface area contributed by atoms with Crippen LogP contribution in [0.25, 0.3) is 0 Å². The number of ether oxygens (including phenoxy) is 1. The first-order valence-corrected chi connectivity index (χ1v) is 9.19. The number of benzene rings is 3. The van der Waals surface area contributed by atoms with E-state index < -0.39 is 24.5 Å². The number of carbonyl (C=O) groups is 2. The van der Waals surface area contributed by atoms with E-state index in [2.05, 4.69) is 4.74 Å². The fraction of sp³-hybridized carbons (Fsp3) is 0.130. The van der Waals surface area contributed by atoms with Crippen LogP contribution in [0, 0.1) is 0 Å². The molecule has 3 rings (SSSR count). The molecular formula is C23H20F2N2O3. The van der Waals surface area contributed by atoms with Gasteiger partial charge in [-0.15, -0.1) is 0 Å². The first-order valence-electron chi connectivity index (χ1n) is 9.19. The Morgan fingerprint density at radius 2 is 1.53 bits per heavy atom. The molecule has 7 heteroatoms. The summed E-state index contributed by atoms with van der Waals surface area (Å²) in [5.41, 5.74) is 7.12. The largest absolute Gasteiger partial charge is 0.435 e. The molecule has 154 valence electrons. The highest BCUT2D eigenvalue weighted by atomic mass is 19.3. The predicted octanol–water partition coefficient (Wildman–Crippen LogP) is 4.16. The van der Waals surface area contributed by atoms with Gasteiger partial charge < -0.3 is 15.4 Å². The standard InChI is InChI=1S/C23H20F2N2O3/c24-23(25)30-19-13-7-8-16(14-19)15-27(22(29)18-11-5-2-6-12-18)20(21(26)28)17-9-3-1-4-10-17/h1-14,20,23H,15H2,(H2,26,28)/t20-/m1/s1. The molecule has 0 bridgehead atoms. The molecule has 0 saturated heterocycles. The lowest BCUT2D eigenvalue weighted by Gasteiger charge is -2.30. The minimum absolute atomic E-state index is 0.0311. The molecule has 0 fully saturated rings. The van der Waals surface area contributed by atoms with Crippen molar-refractivity contribution in [1.29, 1.82) is 0 Å². The predicted molar refractivity (Wildman–Crippen MR) is 108 cm³/mol. The van der Waals surface area contributed by atoms with E-state index in [9.17, 15) is 18.4 Å².